The van der Waals surface area contributed by atoms with Gasteiger partial charge in [-0.25, -0.2) is 4.98 Å². The van der Waals surface area contributed by atoms with Crippen LogP contribution in [0.25, 0.3) is 0 Å². The van der Waals surface area contributed by atoms with Crippen molar-refractivity contribution in [1.82, 2.24) is 19.4 Å². The van der Waals surface area contributed by atoms with E-state index >= 15 is 0 Å². The summed E-state index contributed by atoms with van der Waals surface area (Å²) in [5, 5.41) is 0. The van der Waals surface area contributed by atoms with Crippen molar-refractivity contribution in [1.29, 1.82) is 0 Å². The second-order valence-electron chi connectivity index (χ2n) is 7.51. The molecule has 1 aliphatic rings. The predicted molar refractivity (Wildman–Crippen MR) is 111 cm³/mol. The number of carbonyl (C=O) groups is 2. The first-order valence-electron chi connectivity index (χ1n) is 10.1. The van der Waals surface area contributed by atoms with Crippen molar-refractivity contribution < 1.29 is 14.3 Å². The first kappa shape index (κ1) is 20.9. The van der Waals surface area contributed by atoms with Gasteiger partial charge in [-0.05, 0) is 37.5 Å². The zero-order valence-electron chi connectivity index (χ0n) is 17.5. The van der Waals surface area contributed by atoms with E-state index in [4.69, 9.17) is 4.74 Å². The van der Waals surface area contributed by atoms with Crippen LogP contribution >= 0.6 is 0 Å². The second kappa shape index (κ2) is 9.58. The van der Waals surface area contributed by atoms with Gasteiger partial charge in [0.1, 0.15) is 11.6 Å². The Kier molecular flexibility index (Phi) is 6.90. The van der Waals surface area contributed by atoms with Crippen LogP contribution < -0.4 is 4.74 Å². The summed E-state index contributed by atoms with van der Waals surface area (Å²) in [6.45, 7) is 6.22. The van der Waals surface area contributed by atoms with Gasteiger partial charge >= 0.3 is 0 Å². The van der Waals surface area contributed by atoms with Crippen LogP contribution in [0.3, 0.4) is 0 Å². The molecule has 1 aromatic heterocycles. The molecular weight excluding hydrogens is 368 g/mol. The third-order valence-corrected chi connectivity index (χ3v) is 5.63. The fourth-order valence-electron chi connectivity index (χ4n) is 3.91. The molecule has 29 heavy (non-hydrogen) atoms. The van der Waals surface area contributed by atoms with Crippen LogP contribution in [-0.2, 0) is 22.6 Å². The third kappa shape index (κ3) is 5.37. The maximum absolute atomic E-state index is 12.7. The number of hydrogen-bond donors (Lipinski definition) is 0. The number of rotatable bonds is 8. The fraction of sp³-hybridized carbons (Fsp3) is 0.500. The summed E-state index contributed by atoms with van der Waals surface area (Å²) < 4.78 is 7.29. The van der Waals surface area contributed by atoms with Crippen molar-refractivity contribution >= 4 is 11.8 Å². The SMILES string of the molecule is COc1cccc(CCC(=O)N2CCC(N(CCn3ccnc3C)C(C)=O)C2)c1. The van der Waals surface area contributed by atoms with E-state index in [1.54, 1.807) is 20.2 Å². The normalized spacial score (nSPS) is 16.1. The number of benzene rings is 1. The smallest absolute Gasteiger partial charge is 0.222 e. The van der Waals surface area contributed by atoms with E-state index in [0.717, 1.165) is 23.6 Å². The van der Waals surface area contributed by atoms with Crippen LogP contribution in [0.15, 0.2) is 36.7 Å². The molecule has 2 heterocycles. The lowest BCUT2D eigenvalue weighted by molar-refractivity contribution is -0.133. The lowest BCUT2D eigenvalue weighted by Crippen LogP contribution is -2.43. The van der Waals surface area contributed by atoms with Gasteiger partial charge in [0.05, 0.1) is 13.2 Å². The summed E-state index contributed by atoms with van der Waals surface area (Å²) >= 11 is 0. The largest absolute Gasteiger partial charge is 0.497 e. The lowest BCUT2D eigenvalue weighted by Gasteiger charge is -2.28. The zero-order chi connectivity index (χ0) is 20.8. The summed E-state index contributed by atoms with van der Waals surface area (Å²) in [7, 11) is 1.64. The fourth-order valence-corrected chi connectivity index (χ4v) is 3.91. The number of hydrogen-bond acceptors (Lipinski definition) is 4. The van der Waals surface area contributed by atoms with E-state index in [2.05, 4.69) is 4.98 Å². The van der Waals surface area contributed by atoms with Gasteiger partial charge in [0.25, 0.3) is 0 Å². The summed E-state index contributed by atoms with van der Waals surface area (Å²) in [5.41, 5.74) is 1.09. The Morgan fingerprint density at radius 1 is 1.34 bits per heavy atom. The molecule has 7 heteroatoms. The van der Waals surface area contributed by atoms with E-state index in [9.17, 15) is 9.59 Å². The number of aryl methyl sites for hydroxylation is 2. The first-order chi connectivity index (χ1) is 14.0. The Morgan fingerprint density at radius 2 is 2.17 bits per heavy atom. The van der Waals surface area contributed by atoms with Gasteiger partial charge in [-0.1, -0.05) is 12.1 Å². The molecule has 1 unspecified atom stereocenters. The molecule has 0 bridgehead atoms. The molecule has 0 aliphatic carbocycles. The highest BCUT2D eigenvalue weighted by atomic mass is 16.5. The van der Waals surface area contributed by atoms with E-state index < -0.39 is 0 Å². The summed E-state index contributed by atoms with van der Waals surface area (Å²) in [6, 6.07) is 7.90. The van der Waals surface area contributed by atoms with Crippen LogP contribution in [0.1, 0.15) is 31.2 Å². The van der Waals surface area contributed by atoms with E-state index in [1.807, 2.05) is 51.8 Å². The van der Waals surface area contributed by atoms with E-state index in [1.165, 1.54) is 0 Å². The van der Waals surface area contributed by atoms with Crippen LogP contribution in [-0.4, -0.2) is 64.0 Å². The van der Waals surface area contributed by atoms with Gasteiger partial charge in [-0.3, -0.25) is 9.59 Å². The highest BCUT2D eigenvalue weighted by molar-refractivity contribution is 5.77. The first-order valence-corrected chi connectivity index (χ1v) is 10.1. The molecule has 1 fully saturated rings. The van der Waals surface area contributed by atoms with Gasteiger partial charge < -0.3 is 19.1 Å². The van der Waals surface area contributed by atoms with E-state index in [-0.39, 0.29) is 17.9 Å². The topological polar surface area (TPSA) is 67.7 Å². The zero-order valence-corrected chi connectivity index (χ0v) is 17.5. The lowest BCUT2D eigenvalue weighted by atomic mass is 10.1. The van der Waals surface area contributed by atoms with Crippen molar-refractivity contribution in [2.24, 2.45) is 0 Å². The maximum atomic E-state index is 12.7. The Hall–Kier alpha value is -2.83. The average molecular weight is 399 g/mol. The number of aromatic nitrogens is 2. The highest BCUT2D eigenvalue weighted by Gasteiger charge is 2.31. The minimum absolute atomic E-state index is 0.0541. The molecule has 0 radical (unpaired) electrons. The summed E-state index contributed by atoms with van der Waals surface area (Å²) in [5.74, 6) is 1.94. The molecule has 7 nitrogen and oxygen atoms in total. The van der Waals surface area contributed by atoms with Gasteiger partial charge in [0.2, 0.25) is 11.8 Å². The number of carbonyl (C=O) groups excluding carboxylic acids is 2. The minimum Gasteiger partial charge on any atom is -0.497 e. The Labute approximate surface area is 172 Å². The second-order valence-corrected chi connectivity index (χ2v) is 7.51. The molecule has 1 aliphatic heterocycles. The number of ether oxygens (including phenoxy) is 1. The minimum atomic E-state index is 0.0541. The third-order valence-electron chi connectivity index (χ3n) is 5.63. The van der Waals surface area contributed by atoms with Crippen LogP contribution in [0.5, 0.6) is 5.75 Å². The Balaban J connectivity index is 1.52. The van der Waals surface area contributed by atoms with E-state index in [0.29, 0.717) is 39.0 Å². The Morgan fingerprint density at radius 3 is 2.86 bits per heavy atom. The Bertz CT molecular complexity index is 848. The van der Waals surface area contributed by atoms with Crippen molar-refractivity contribution in [3.05, 3.63) is 48.0 Å². The quantitative estimate of drug-likeness (QED) is 0.684. The standard InChI is InChI=1S/C22H30N4O3/c1-17-23-10-12-24(17)13-14-26(18(2)27)20-9-11-25(16-20)22(28)8-7-19-5-4-6-21(15-19)29-3/h4-6,10,12,15,20H,7-9,11,13-14,16H2,1-3H3. The summed E-state index contributed by atoms with van der Waals surface area (Å²) in [6.07, 6.45) is 5.68. The van der Waals surface area contributed by atoms with Crippen molar-refractivity contribution in [3.63, 3.8) is 0 Å². The molecule has 1 saturated heterocycles. The molecule has 1 atom stereocenters. The molecule has 1 aromatic carbocycles. The molecule has 0 N–H and O–H groups in total. The van der Waals surface area contributed by atoms with Gasteiger partial charge in [0.15, 0.2) is 0 Å². The van der Waals surface area contributed by atoms with Crippen molar-refractivity contribution in [3.8, 4) is 5.75 Å². The molecule has 3 rings (SSSR count). The average Bonchev–Trinajstić information content (AvgIpc) is 3.36. The monoisotopic (exact) mass is 398 g/mol. The van der Waals surface area contributed by atoms with Gasteiger partial charge in [0, 0.05) is 51.9 Å². The molecule has 0 saturated carbocycles. The number of likely N-dealkylation sites (tertiary alicyclic amines) is 1. The number of methoxy groups -OCH3 is 1. The molecular formula is C22H30N4O3. The number of amides is 2. The number of imidazole rings is 1. The maximum Gasteiger partial charge on any atom is 0.222 e. The highest BCUT2D eigenvalue weighted by Crippen LogP contribution is 2.19. The predicted octanol–water partition coefficient (Wildman–Crippen LogP) is 2.28. The molecule has 156 valence electrons. The molecule has 2 amide bonds. The van der Waals surface area contributed by atoms with Gasteiger partial charge in [-0.15, -0.1) is 0 Å². The van der Waals surface area contributed by atoms with Crippen molar-refractivity contribution in [2.75, 3.05) is 26.7 Å². The van der Waals surface area contributed by atoms with Crippen LogP contribution in [0.2, 0.25) is 0 Å². The van der Waals surface area contributed by atoms with Crippen LogP contribution in [0.4, 0.5) is 0 Å². The van der Waals surface area contributed by atoms with Crippen molar-refractivity contribution in [2.45, 2.75) is 45.7 Å². The van der Waals surface area contributed by atoms with Gasteiger partial charge in [-0.2, -0.15) is 0 Å². The molecule has 2 aromatic rings. The number of nitrogens with zero attached hydrogens (tertiary/aromatic N) is 4. The summed E-state index contributed by atoms with van der Waals surface area (Å²) in [4.78, 5) is 32.9. The van der Waals surface area contributed by atoms with Crippen LogP contribution in [0, 0.1) is 6.92 Å². The molecule has 0 spiro atoms.